The molecule has 0 N–H and O–H groups in total. The van der Waals surface area contributed by atoms with Gasteiger partial charge in [0.05, 0.1) is 0 Å². The molecule has 0 radical (unpaired) electrons. The van der Waals surface area contributed by atoms with Crippen LogP contribution < -0.4 is 0 Å². The predicted octanol–water partition coefficient (Wildman–Crippen LogP) is 4.74. The minimum Gasteiger partial charge on any atom is -0.289 e. The van der Waals surface area contributed by atoms with Gasteiger partial charge in [0, 0.05) is 11.1 Å². The van der Waals surface area contributed by atoms with Crippen molar-refractivity contribution < 1.29 is 4.79 Å². The molecule has 0 amide bonds. The second kappa shape index (κ2) is 5.69. The molecular weight excluding hydrogens is 256 g/mol. The summed E-state index contributed by atoms with van der Waals surface area (Å²) >= 11 is 0. The van der Waals surface area contributed by atoms with Crippen molar-refractivity contribution in [1.29, 1.82) is 0 Å². The average molecular weight is 276 g/mol. The van der Waals surface area contributed by atoms with Crippen molar-refractivity contribution in [3.05, 3.63) is 77.4 Å². The number of carbonyl (C=O) groups excluding carboxylic acids is 1. The number of hydrogen-bond acceptors (Lipinski definition) is 1. The van der Waals surface area contributed by atoms with Gasteiger partial charge in [-0.15, -0.1) is 0 Å². The first-order chi connectivity index (χ1) is 10.3. The second-order valence-corrected chi connectivity index (χ2v) is 5.37. The molecule has 3 aliphatic carbocycles. The maximum Gasteiger partial charge on any atom is 0.193 e. The lowest BCUT2D eigenvalue weighted by atomic mass is 9.92. The van der Waals surface area contributed by atoms with Crippen LogP contribution in [-0.2, 0) is 4.79 Å². The van der Waals surface area contributed by atoms with Gasteiger partial charge in [-0.1, -0.05) is 62.4 Å². The second-order valence-electron chi connectivity index (χ2n) is 5.37. The fourth-order valence-corrected chi connectivity index (χ4v) is 3.04. The van der Waals surface area contributed by atoms with E-state index in [9.17, 15) is 4.79 Å². The molecule has 0 aromatic heterocycles. The molecule has 0 spiro atoms. The van der Waals surface area contributed by atoms with E-state index in [1.165, 1.54) is 12.0 Å². The zero-order valence-electron chi connectivity index (χ0n) is 12.5. The minimum absolute atomic E-state index is 0.179. The maximum absolute atomic E-state index is 12.6. The highest BCUT2D eigenvalue weighted by Crippen LogP contribution is 2.50. The van der Waals surface area contributed by atoms with Crippen LogP contribution in [-0.4, -0.2) is 5.78 Å². The zero-order chi connectivity index (χ0) is 14.8. The quantitative estimate of drug-likeness (QED) is 0.762. The third kappa shape index (κ3) is 2.44. The topological polar surface area (TPSA) is 17.1 Å². The summed E-state index contributed by atoms with van der Waals surface area (Å²) in [5.74, 6) is 1.44. The summed E-state index contributed by atoms with van der Waals surface area (Å²) in [6, 6.07) is 9.91. The largest absolute Gasteiger partial charge is 0.289 e. The average Bonchev–Trinajstić information content (AvgIpc) is 3.25. The van der Waals surface area contributed by atoms with E-state index in [4.69, 9.17) is 0 Å². The maximum atomic E-state index is 12.6. The standard InChI is InChI=1S/C18H14O.C2H6/c19-18-14(12-5-2-1-3-6-12)9-10-16(18)15-8-4-7-13-11-17(13)15;1-2/h1-10,13,17H,11H2;1-2H3. The molecule has 2 unspecified atom stereocenters. The molecule has 3 aliphatic rings. The molecule has 0 bridgehead atoms. The Bertz CT molecular complexity index is 671. The van der Waals surface area contributed by atoms with Gasteiger partial charge in [-0.25, -0.2) is 0 Å². The first kappa shape index (κ1) is 13.8. The first-order valence-corrected chi connectivity index (χ1v) is 7.75. The van der Waals surface area contributed by atoms with Crippen molar-refractivity contribution in [2.24, 2.45) is 11.8 Å². The Balaban J connectivity index is 0.000000636. The molecule has 1 fully saturated rings. The smallest absolute Gasteiger partial charge is 0.193 e. The first-order valence-electron chi connectivity index (χ1n) is 7.75. The number of fused-ring (bicyclic) bond motifs is 1. The normalized spacial score (nSPS) is 25.2. The van der Waals surface area contributed by atoms with E-state index in [0.29, 0.717) is 11.8 Å². The van der Waals surface area contributed by atoms with Gasteiger partial charge in [-0.05, 0) is 41.5 Å². The predicted molar refractivity (Wildman–Crippen MR) is 87.7 cm³/mol. The number of ketones is 1. The number of rotatable bonds is 2. The van der Waals surface area contributed by atoms with Gasteiger partial charge < -0.3 is 0 Å². The van der Waals surface area contributed by atoms with Gasteiger partial charge in [0.1, 0.15) is 0 Å². The van der Waals surface area contributed by atoms with E-state index in [-0.39, 0.29) is 5.78 Å². The molecule has 4 rings (SSSR count). The highest BCUT2D eigenvalue weighted by Gasteiger charge is 2.42. The Hall–Kier alpha value is -2.15. The molecule has 1 heteroatoms. The zero-order valence-corrected chi connectivity index (χ0v) is 12.5. The van der Waals surface area contributed by atoms with Gasteiger partial charge in [0.25, 0.3) is 0 Å². The monoisotopic (exact) mass is 276 g/mol. The van der Waals surface area contributed by atoms with Crippen LogP contribution in [0.25, 0.3) is 5.57 Å². The molecule has 1 saturated carbocycles. The molecule has 1 nitrogen and oxygen atoms in total. The number of allylic oxidation sites excluding steroid dienone is 8. The third-order valence-electron chi connectivity index (χ3n) is 4.18. The molecule has 0 saturated heterocycles. The molecule has 0 heterocycles. The van der Waals surface area contributed by atoms with Crippen molar-refractivity contribution >= 4 is 11.4 Å². The Morgan fingerprint density at radius 3 is 2.43 bits per heavy atom. The van der Waals surface area contributed by atoms with Gasteiger partial charge >= 0.3 is 0 Å². The van der Waals surface area contributed by atoms with Crippen LogP contribution in [0.3, 0.4) is 0 Å². The summed E-state index contributed by atoms with van der Waals surface area (Å²) in [5, 5.41) is 0. The number of carbonyl (C=O) groups is 1. The lowest BCUT2D eigenvalue weighted by Crippen LogP contribution is -2.06. The van der Waals surface area contributed by atoms with Crippen molar-refractivity contribution in [2.75, 3.05) is 0 Å². The van der Waals surface area contributed by atoms with Crippen molar-refractivity contribution in [2.45, 2.75) is 20.3 Å². The summed E-state index contributed by atoms with van der Waals surface area (Å²) in [7, 11) is 0. The van der Waals surface area contributed by atoms with Crippen molar-refractivity contribution in [1.82, 2.24) is 0 Å². The van der Waals surface area contributed by atoms with Crippen molar-refractivity contribution in [3.63, 3.8) is 0 Å². The fraction of sp³-hybridized carbons (Fsp3) is 0.250. The highest BCUT2D eigenvalue weighted by atomic mass is 16.1. The van der Waals surface area contributed by atoms with E-state index >= 15 is 0 Å². The molecule has 1 aromatic rings. The molecule has 2 atom stereocenters. The Kier molecular flexibility index (Phi) is 3.74. The van der Waals surface area contributed by atoms with Crippen LogP contribution in [0.2, 0.25) is 0 Å². The summed E-state index contributed by atoms with van der Waals surface area (Å²) in [6.45, 7) is 4.00. The van der Waals surface area contributed by atoms with E-state index in [0.717, 1.165) is 16.7 Å². The Labute approximate surface area is 126 Å². The van der Waals surface area contributed by atoms with Crippen LogP contribution in [0.4, 0.5) is 0 Å². The highest BCUT2D eigenvalue weighted by molar-refractivity contribution is 6.33. The fourth-order valence-electron chi connectivity index (χ4n) is 3.04. The molecule has 1 aromatic carbocycles. The number of Topliss-reactive ketones (excluding diaryl/α,β-unsaturated/α-hetero) is 1. The summed E-state index contributed by atoms with van der Waals surface area (Å²) in [6.07, 6.45) is 11.6. The van der Waals surface area contributed by atoms with E-state index < -0.39 is 0 Å². The van der Waals surface area contributed by atoms with Crippen molar-refractivity contribution in [3.8, 4) is 0 Å². The Morgan fingerprint density at radius 2 is 1.67 bits per heavy atom. The summed E-state index contributed by atoms with van der Waals surface area (Å²) in [4.78, 5) is 12.6. The van der Waals surface area contributed by atoms with Gasteiger partial charge in [-0.3, -0.25) is 4.79 Å². The van der Waals surface area contributed by atoms with E-state index in [1.807, 2.05) is 56.3 Å². The number of hydrogen-bond donors (Lipinski definition) is 0. The SMILES string of the molecule is CC.O=C1C(C2=CC=CC3CC23)=CC=C1c1ccccc1. The molecular formula is C20H20O. The van der Waals surface area contributed by atoms with E-state index in [2.05, 4.69) is 18.2 Å². The summed E-state index contributed by atoms with van der Waals surface area (Å²) < 4.78 is 0. The molecule has 21 heavy (non-hydrogen) atoms. The van der Waals surface area contributed by atoms with Gasteiger partial charge in [-0.2, -0.15) is 0 Å². The van der Waals surface area contributed by atoms with Crippen LogP contribution in [0.5, 0.6) is 0 Å². The van der Waals surface area contributed by atoms with Crippen LogP contribution in [0.1, 0.15) is 25.8 Å². The molecule has 0 aliphatic heterocycles. The summed E-state index contributed by atoms with van der Waals surface area (Å²) in [5.41, 5.74) is 3.97. The van der Waals surface area contributed by atoms with E-state index in [1.54, 1.807) is 0 Å². The number of benzene rings is 1. The van der Waals surface area contributed by atoms with Crippen LogP contribution in [0.15, 0.2) is 71.9 Å². The molecule has 106 valence electrons. The van der Waals surface area contributed by atoms with Gasteiger partial charge in [0.2, 0.25) is 0 Å². The van der Waals surface area contributed by atoms with Crippen LogP contribution >= 0.6 is 0 Å². The lowest BCUT2D eigenvalue weighted by Gasteiger charge is -2.10. The lowest BCUT2D eigenvalue weighted by molar-refractivity contribution is -0.110. The Morgan fingerprint density at radius 1 is 0.952 bits per heavy atom. The van der Waals surface area contributed by atoms with Gasteiger partial charge in [0.15, 0.2) is 5.78 Å². The van der Waals surface area contributed by atoms with Crippen LogP contribution in [0, 0.1) is 11.8 Å². The minimum atomic E-state index is 0.179. The third-order valence-corrected chi connectivity index (χ3v) is 4.18.